The van der Waals surface area contributed by atoms with E-state index in [-0.39, 0.29) is 11.6 Å². The number of allylic oxidation sites excluding steroid dienone is 4. The Hall–Kier alpha value is -1.18. The van der Waals surface area contributed by atoms with E-state index in [9.17, 15) is 9.59 Å². The molecule has 0 aliphatic heterocycles. The first kappa shape index (κ1) is 8.91. The lowest BCUT2D eigenvalue weighted by Gasteiger charge is -1.71. The van der Waals surface area contributed by atoms with E-state index in [1.165, 1.54) is 0 Å². The minimum absolute atomic E-state index is 0.273. The molecule has 0 spiro atoms. The van der Waals surface area contributed by atoms with Gasteiger partial charge in [0.2, 0.25) is 0 Å². The zero-order chi connectivity index (χ0) is 8.81. The van der Waals surface area contributed by atoms with Crippen LogP contribution in [0.3, 0.4) is 0 Å². The highest BCUT2D eigenvalue weighted by Crippen LogP contribution is 2.01. The largest absolute Gasteiger partial charge is 0.295 e. The van der Waals surface area contributed by atoms with E-state index in [2.05, 4.69) is 0 Å². The summed E-state index contributed by atoms with van der Waals surface area (Å²) in [6, 6.07) is 0. The van der Waals surface area contributed by atoms with Crippen LogP contribution in [0.1, 0.15) is 25.7 Å². The second-order valence-corrected chi connectivity index (χ2v) is 2.81. The molecule has 0 radical (unpaired) electrons. The molecule has 2 nitrogen and oxygen atoms in total. The summed E-state index contributed by atoms with van der Waals surface area (Å²) in [6.45, 7) is 0. The minimum Gasteiger partial charge on any atom is -0.295 e. The molecule has 0 aromatic rings. The van der Waals surface area contributed by atoms with Crippen LogP contribution < -0.4 is 0 Å². The average molecular weight is 164 g/mol. The van der Waals surface area contributed by atoms with Crippen LogP contribution in [-0.2, 0) is 9.59 Å². The quantitative estimate of drug-likeness (QED) is 0.547. The second kappa shape index (κ2) is 4.65. The molecular weight excluding hydrogens is 152 g/mol. The number of carbonyl (C=O) groups is 2. The van der Waals surface area contributed by atoms with Crippen molar-refractivity contribution in [3.8, 4) is 0 Å². The van der Waals surface area contributed by atoms with Gasteiger partial charge in [0.1, 0.15) is 0 Å². The third kappa shape index (κ3) is 3.28. The van der Waals surface area contributed by atoms with Gasteiger partial charge in [-0.15, -0.1) is 0 Å². The van der Waals surface area contributed by atoms with Crippen LogP contribution in [0.25, 0.3) is 0 Å². The fourth-order valence-corrected chi connectivity index (χ4v) is 1.05. The number of rotatable bonds is 0. The zero-order valence-electron chi connectivity index (χ0n) is 6.95. The Bertz CT molecular complexity index is 210. The van der Waals surface area contributed by atoms with Gasteiger partial charge in [0, 0.05) is 12.8 Å². The topological polar surface area (TPSA) is 34.1 Å². The maximum absolute atomic E-state index is 10.2. The van der Waals surface area contributed by atoms with Crippen LogP contribution in [0.4, 0.5) is 0 Å². The summed E-state index contributed by atoms with van der Waals surface area (Å²) in [4.78, 5) is 20.3. The van der Waals surface area contributed by atoms with Crippen molar-refractivity contribution in [3.05, 3.63) is 24.3 Å². The van der Waals surface area contributed by atoms with Gasteiger partial charge >= 0.3 is 0 Å². The maximum atomic E-state index is 10.2. The van der Waals surface area contributed by atoms with Gasteiger partial charge in [-0.2, -0.15) is 0 Å². The van der Waals surface area contributed by atoms with Gasteiger partial charge < -0.3 is 0 Å². The molecule has 2 aliphatic rings. The second-order valence-electron chi connectivity index (χ2n) is 2.81. The number of ketones is 2. The van der Waals surface area contributed by atoms with E-state index in [0.717, 1.165) is 25.7 Å². The van der Waals surface area contributed by atoms with E-state index in [1.54, 1.807) is 12.2 Å². The van der Waals surface area contributed by atoms with Crippen molar-refractivity contribution in [2.45, 2.75) is 25.7 Å². The Morgan fingerprint density at radius 3 is 1.33 bits per heavy atom. The fraction of sp³-hybridized carbons (Fsp3) is 0.400. The Balaban J connectivity index is 0.000000120. The lowest BCUT2D eigenvalue weighted by molar-refractivity contribution is -0.114. The van der Waals surface area contributed by atoms with E-state index in [1.807, 2.05) is 12.2 Å². The molecule has 2 heteroatoms. The molecule has 0 saturated carbocycles. The molecule has 64 valence electrons. The summed E-state index contributed by atoms with van der Waals surface area (Å²) in [5.74, 6) is 0.546. The first-order valence-electron chi connectivity index (χ1n) is 4.18. The molecule has 0 aromatic heterocycles. The molecule has 0 unspecified atom stereocenters. The summed E-state index contributed by atoms with van der Waals surface area (Å²) in [6.07, 6.45) is 10.5. The molecule has 0 amide bonds. The van der Waals surface area contributed by atoms with Crippen LogP contribution in [0.15, 0.2) is 24.3 Å². The highest BCUT2D eigenvalue weighted by Gasteiger charge is 1.99. The molecule has 0 saturated heterocycles. The Labute approximate surface area is 72.0 Å². The van der Waals surface area contributed by atoms with Crippen molar-refractivity contribution in [2.75, 3.05) is 0 Å². The minimum atomic E-state index is 0.273. The highest BCUT2D eigenvalue weighted by molar-refractivity contribution is 5.92. The summed E-state index contributed by atoms with van der Waals surface area (Å²) in [5, 5.41) is 0. The molecule has 0 heterocycles. The highest BCUT2D eigenvalue weighted by atomic mass is 16.1. The number of hydrogen-bond acceptors (Lipinski definition) is 2. The monoisotopic (exact) mass is 164 g/mol. The molecule has 0 aromatic carbocycles. The first-order valence-corrected chi connectivity index (χ1v) is 4.18. The SMILES string of the molecule is O=C1C=CCC1.O=C1C=CCC1. The summed E-state index contributed by atoms with van der Waals surface area (Å²) < 4.78 is 0. The molecule has 0 bridgehead atoms. The predicted molar refractivity (Wildman–Crippen MR) is 46.8 cm³/mol. The van der Waals surface area contributed by atoms with Gasteiger partial charge in [-0.05, 0) is 25.0 Å². The standard InChI is InChI=1S/2C5H6O/c2*6-5-3-1-2-4-5/h2*1,3H,2,4H2. The summed E-state index contributed by atoms with van der Waals surface area (Å²) in [5.41, 5.74) is 0. The smallest absolute Gasteiger partial charge is 0.155 e. The zero-order valence-corrected chi connectivity index (χ0v) is 6.95. The van der Waals surface area contributed by atoms with Gasteiger partial charge in [-0.25, -0.2) is 0 Å². The Kier molecular flexibility index (Phi) is 3.45. The third-order valence-corrected chi connectivity index (χ3v) is 1.72. The third-order valence-electron chi connectivity index (χ3n) is 1.72. The van der Waals surface area contributed by atoms with Crippen molar-refractivity contribution < 1.29 is 9.59 Å². The maximum Gasteiger partial charge on any atom is 0.155 e. The van der Waals surface area contributed by atoms with Gasteiger partial charge in [0.05, 0.1) is 0 Å². The van der Waals surface area contributed by atoms with E-state index < -0.39 is 0 Å². The normalized spacial score (nSPS) is 19.7. The van der Waals surface area contributed by atoms with Gasteiger partial charge in [-0.1, -0.05) is 12.2 Å². The van der Waals surface area contributed by atoms with Crippen molar-refractivity contribution >= 4 is 11.6 Å². The molecule has 0 fully saturated rings. The van der Waals surface area contributed by atoms with Crippen LogP contribution in [0, 0.1) is 0 Å². The van der Waals surface area contributed by atoms with Gasteiger partial charge in [-0.3, -0.25) is 9.59 Å². The van der Waals surface area contributed by atoms with Gasteiger partial charge in [0.15, 0.2) is 11.6 Å². The van der Waals surface area contributed by atoms with Gasteiger partial charge in [0.25, 0.3) is 0 Å². The lowest BCUT2D eigenvalue weighted by Crippen LogP contribution is -1.80. The van der Waals surface area contributed by atoms with E-state index >= 15 is 0 Å². The van der Waals surface area contributed by atoms with Crippen molar-refractivity contribution in [1.82, 2.24) is 0 Å². The van der Waals surface area contributed by atoms with E-state index in [0.29, 0.717) is 0 Å². The predicted octanol–water partition coefficient (Wildman–Crippen LogP) is 1.81. The fourth-order valence-electron chi connectivity index (χ4n) is 1.05. The average Bonchev–Trinajstić information content (AvgIpc) is 2.63. The van der Waals surface area contributed by atoms with Crippen LogP contribution in [0.5, 0.6) is 0 Å². The molecule has 0 N–H and O–H groups in total. The summed E-state index contributed by atoms with van der Waals surface area (Å²) in [7, 11) is 0. The molecular formula is C10H12O2. The molecule has 2 aliphatic carbocycles. The Morgan fingerprint density at radius 2 is 1.25 bits per heavy atom. The number of carbonyl (C=O) groups excluding carboxylic acids is 2. The molecule has 0 atom stereocenters. The van der Waals surface area contributed by atoms with Crippen molar-refractivity contribution in [1.29, 1.82) is 0 Å². The molecule has 2 rings (SSSR count). The summed E-state index contributed by atoms with van der Waals surface area (Å²) >= 11 is 0. The molecule has 12 heavy (non-hydrogen) atoms. The first-order chi connectivity index (χ1) is 5.79. The number of hydrogen-bond donors (Lipinski definition) is 0. The van der Waals surface area contributed by atoms with E-state index in [4.69, 9.17) is 0 Å². The van der Waals surface area contributed by atoms with Crippen LogP contribution in [0.2, 0.25) is 0 Å². The van der Waals surface area contributed by atoms with Crippen molar-refractivity contribution in [3.63, 3.8) is 0 Å². The van der Waals surface area contributed by atoms with Crippen LogP contribution >= 0.6 is 0 Å². The Morgan fingerprint density at radius 1 is 0.833 bits per heavy atom. The van der Waals surface area contributed by atoms with Crippen molar-refractivity contribution in [2.24, 2.45) is 0 Å². The lowest BCUT2D eigenvalue weighted by atomic mass is 10.3. The van der Waals surface area contributed by atoms with Crippen LogP contribution in [-0.4, -0.2) is 11.6 Å².